The molecule has 0 N–H and O–H groups in total. The predicted octanol–water partition coefficient (Wildman–Crippen LogP) is 4.71. The first kappa shape index (κ1) is 19.8. The molecule has 0 aromatic heterocycles. The van der Waals surface area contributed by atoms with E-state index in [0.29, 0.717) is 11.1 Å². The molecule has 26 heavy (non-hydrogen) atoms. The third kappa shape index (κ3) is 4.98. The van der Waals surface area contributed by atoms with Crippen LogP contribution in [-0.2, 0) is 11.4 Å². The molecular weight excluding hydrogens is 378 g/mol. The van der Waals surface area contributed by atoms with Crippen LogP contribution in [0.15, 0.2) is 42.0 Å². The minimum atomic E-state index is -0.425. The largest absolute Gasteiger partial charge is 0.486 e. The number of nitrogens with zero attached hydrogens (tertiary/aromatic N) is 2. The standard InChI is InChI=1S/C19H15Cl2FN2O2/c1-24(2)19(25)14(10-23)6-13-8-16(20)18(17(21)9-13)26-11-12-4-3-5-15(22)7-12/h3-9H,11H2,1-2H3/b14-6-. The molecule has 1 amide bonds. The molecule has 0 fully saturated rings. The molecule has 0 heterocycles. The van der Waals surface area contributed by atoms with Crippen molar-refractivity contribution in [3.05, 3.63) is 69.0 Å². The second kappa shape index (κ2) is 8.70. The van der Waals surface area contributed by atoms with Crippen LogP contribution in [0.3, 0.4) is 0 Å². The van der Waals surface area contributed by atoms with Crippen molar-refractivity contribution in [2.45, 2.75) is 6.61 Å². The van der Waals surface area contributed by atoms with Crippen molar-refractivity contribution in [3.8, 4) is 11.8 Å². The zero-order valence-electron chi connectivity index (χ0n) is 14.1. The molecule has 0 radical (unpaired) electrons. The zero-order valence-corrected chi connectivity index (χ0v) is 15.6. The predicted molar refractivity (Wildman–Crippen MR) is 99.5 cm³/mol. The van der Waals surface area contributed by atoms with Gasteiger partial charge >= 0.3 is 0 Å². The minimum absolute atomic E-state index is 0.0458. The lowest BCUT2D eigenvalue weighted by atomic mass is 10.1. The Morgan fingerprint density at radius 2 is 1.92 bits per heavy atom. The van der Waals surface area contributed by atoms with Crippen molar-refractivity contribution in [3.63, 3.8) is 0 Å². The Labute approximate surface area is 161 Å². The summed E-state index contributed by atoms with van der Waals surface area (Å²) < 4.78 is 18.8. The van der Waals surface area contributed by atoms with Crippen LogP contribution in [0.2, 0.25) is 10.0 Å². The lowest BCUT2D eigenvalue weighted by molar-refractivity contribution is -0.124. The molecule has 0 unspecified atom stereocenters. The summed E-state index contributed by atoms with van der Waals surface area (Å²) in [5, 5.41) is 9.58. The van der Waals surface area contributed by atoms with Crippen molar-refractivity contribution in [1.29, 1.82) is 5.26 Å². The maximum atomic E-state index is 13.2. The van der Waals surface area contributed by atoms with Crippen LogP contribution in [0, 0.1) is 17.1 Å². The lowest BCUT2D eigenvalue weighted by Gasteiger charge is -2.12. The third-order valence-corrected chi connectivity index (χ3v) is 3.92. The lowest BCUT2D eigenvalue weighted by Crippen LogP contribution is -2.22. The van der Waals surface area contributed by atoms with Crippen LogP contribution in [0.25, 0.3) is 6.08 Å². The number of benzene rings is 2. The smallest absolute Gasteiger partial charge is 0.264 e. The van der Waals surface area contributed by atoms with Gasteiger partial charge in [-0.05, 0) is 41.5 Å². The van der Waals surface area contributed by atoms with E-state index in [4.69, 9.17) is 33.2 Å². The molecule has 0 aliphatic heterocycles. The van der Waals surface area contributed by atoms with E-state index in [2.05, 4.69) is 0 Å². The number of hydrogen-bond donors (Lipinski definition) is 0. The van der Waals surface area contributed by atoms with Gasteiger partial charge in [0.1, 0.15) is 24.1 Å². The quantitative estimate of drug-likeness (QED) is 0.546. The van der Waals surface area contributed by atoms with Crippen LogP contribution in [-0.4, -0.2) is 24.9 Å². The Morgan fingerprint density at radius 1 is 1.27 bits per heavy atom. The van der Waals surface area contributed by atoms with Gasteiger partial charge in [0.05, 0.1) is 10.0 Å². The monoisotopic (exact) mass is 392 g/mol. The summed E-state index contributed by atoms with van der Waals surface area (Å²) in [5.74, 6) is -0.545. The van der Waals surface area contributed by atoms with Crippen molar-refractivity contribution in [1.82, 2.24) is 4.90 Å². The second-order valence-electron chi connectivity index (χ2n) is 5.60. The molecule has 0 saturated carbocycles. The number of carbonyl (C=O) groups excluding carboxylic acids is 1. The maximum absolute atomic E-state index is 13.2. The topological polar surface area (TPSA) is 53.3 Å². The number of amides is 1. The van der Waals surface area contributed by atoms with E-state index in [-0.39, 0.29) is 33.8 Å². The van der Waals surface area contributed by atoms with Gasteiger partial charge in [0.2, 0.25) is 0 Å². The van der Waals surface area contributed by atoms with Gasteiger partial charge in [-0.15, -0.1) is 0 Å². The molecule has 134 valence electrons. The summed E-state index contributed by atoms with van der Waals surface area (Å²) in [6.45, 7) is 0.0922. The fourth-order valence-corrected chi connectivity index (χ4v) is 2.75. The summed E-state index contributed by atoms with van der Waals surface area (Å²) in [6, 6.07) is 10.9. The van der Waals surface area contributed by atoms with Gasteiger partial charge in [0.15, 0.2) is 5.75 Å². The van der Waals surface area contributed by atoms with Crippen LogP contribution in [0.4, 0.5) is 4.39 Å². The number of rotatable bonds is 5. The Kier molecular flexibility index (Phi) is 6.62. The fraction of sp³-hybridized carbons (Fsp3) is 0.158. The highest BCUT2D eigenvalue weighted by atomic mass is 35.5. The Morgan fingerprint density at radius 3 is 2.46 bits per heavy atom. The molecule has 0 bridgehead atoms. The van der Waals surface area contributed by atoms with Crippen LogP contribution in [0.1, 0.15) is 11.1 Å². The average molecular weight is 393 g/mol. The van der Waals surface area contributed by atoms with Gasteiger partial charge in [-0.25, -0.2) is 4.39 Å². The van der Waals surface area contributed by atoms with E-state index in [1.165, 1.54) is 35.2 Å². The van der Waals surface area contributed by atoms with Crippen LogP contribution < -0.4 is 4.74 Å². The molecular formula is C19H15Cl2FN2O2. The van der Waals surface area contributed by atoms with E-state index < -0.39 is 5.91 Å². The molecule has 0 spiro atoms. The highest BCUT2D eigenvalue weighted by Crippen LogP contribution is 2.35. The number of nitriles is 1. The van der Waals surface area contributed by atoms with Crippen LogP contribution in [0.5, 0.6) is 5.75 Å². The Hall–Kier alpha value is -2.55. The summed E-state index contributed by atoms with van der Waals surface area (Å²) in [5.41, 5.74) is 1.07. The van der Waals surface area contributed by atoms with Gasteiger partial charge < -0.3 is 9.64 Å². The summed E-state index contributed by atoms with van der Waals surface area (Å²) in [7, 11) is 3.10. The first-order valence-corrected chi connectivity index (χ1v) is 8.27. The normalized spacial score (nSPS) is 11.0. The van der Waals surface area contributed by atoms with E-state index in [1.807, 2.05) is 6.07 Å². The van der Waals surface area contributed by atoms with Crippen LogP contribution >= 0.6 is 23.2 Å². The zero-order chi connectivity index (χ0) is 19.3. The molecule has 7 heteroatoms. The maximum Gasteiger partial charge on any atom is 0.264 e. The van der Waals surface area contributed by atoms with Gasteiger partial charge in [0, 0.05) is 14.1 Å². The van der Waals surface area contributed by atoms with Gasteiger partial charge in [0.25, 0.3) is 5.91 Å². The summed E-state index contributed by atoms with van der Waals surface area (Å²) in [4.78, 5) is 13.2. The molecule has 0 aliphatic rings. The average Bonchev–Trinajstić information content (AvgIpc) is 2.58. The van der Waals surface area contributed by atoms with E-state index in [0.717, 1.165) is 0 Å². The van der Waals surface area contributed by atoms with Crippen molar-refractivity contribution < 1.29 is 13.9 Å². The molecule has 2 aromatic carbocycles. The van der Waals surface area contributed by atoms with E-state index in [9.17, 15) is 9.18 Å². The fourth-order valence-electron chi connectivity index (χ4n) is 2.13. The molecule has 0 saturated heterocycles. The number of likely N-dealkylation sites (N-methyl/N-ethyl adjacent to an activating group) is 1. The van der Waals surface area contributed by atoms with Crippen molar-refractivity contribution in [2.24, 2.45) is 0 Å². The highest BCUT2D eigenvalue weighted by molar-refractivity contribution is 6.37. The second-order valence-corrected chi connectivity index (χ2v) is 6.42. The van der Waals surface area contributed by atoms with E-state index >= 15 is 0 Å². The number of ether oxygens (including phenoxy) is 1. The van der Waals surface area contributed by atoms with Crippen molar-refractivity contribution >= 4 is 35.2 Å². The molecule has 4 nitrogen and oxygen atoms in total. The van der Waals surface area contributed by atoms with Gasteiger partial charge in [-0.1, -0.05) is 35.3 Å². The highest BCUT2D eigenvalue weighted by Gasteiger charge is 2.14. The molecule has 2 rings (SSSR count). The minimum Gasteiger partial charge on any atom is -0.486 e. The SMILES string of the molecule is CN(C)C(=O)/C(C#N)=C\c1cc(Cl)c(OCc2cccc(F)c2)c(Cl)c1. The first-order chi connectivity index (χ1) is 12.3. The Balaban J connectivity index is 2.25. The first-order valence-electron chi connectivity index (χ1n) is 7.51. The summed E-state index contributed by atoms with van der Waals surface area (Å²) in [6.07, 6.45) is 1.40. The Bertz CT molecular complexity index is 882. The van der Waals surface area contributed by atoms with Gasteiger partial charge in [-0.3, -0.25) is 4.79 Å². The number of hydrogen-bond acceptors (Lipinski definition) is 3. The van der Waals surface area contributed by atoms with E-state index in [1.54, 1.807) is 26.2 Å². The van der Waals surface area contributed by atoms with Gasteiger partial charge in [-0.2, -0.15) is 5.26 Å². The summed E-state index contributed by atoms with van der Waals surface area (Å²) >= 11 is 12.4. The van der Waals surface area contributed by atoms with Crippen molar-refractivity contribution in [2.75, 3.05) is 14.1 Å². The third-order valence-electron chi connectivity index (χ3n) is 3.36. The molecule has 2 aromatic rings. The molecule has 0 atom stereocenters. The molecule has 0 aliphatic carbocycles. The number of carbonyl (C=O) groups is 1. The number of halogens is 3.